The van der Waals surface area contributed by atoms with E-state index in [9.17, 15) is 0 Å². The number of nitrogens with one attached hydrogen (secondary N) is 1. The summed E-state index contributed by atoms with van der Waals surface area (Å²) in [6, 6.07) is 28.8. The first-order chi connectivity index (χ1) is 14.7. The van der Waals surface area contributed by atoms with Gasteiger partial charge in [0.25, 0.3) is 0 Å². The number of hydrogen-bond acceptors (Lipinski definition) is 4. The number of rotatable bonds is 4. The molecule has 0 saturated heterocycles. The number of nitrogens with zero attached hydrogens (tertiary/aromatic N) is 4. The first-order valence-corrected chi connectivity index (χ1v) is 9.88. The van der Waals surface area contributed by atoms with E-state index in [1.54, 1.807) is 0 Å². The Balaban J connectivity index is 1.57. The molecular weight excluding hydrogens is 370 g/mol. The van der Waals surface area contributed by atoms with E-state index in [1.807, 2.05) is 67.2 Å². The largest absolute Gasteiger partial charge is 0.325 e. The Bertz CT molecular complexity index is 1320. The van der Waals surface area contributed by atoms with Crippen LogP contribution in [-0.4, -0.2) is 19.7 Å². The van der Waals surface area contributed by atoms with Gasteiger partial charge < -0.3 is 5.32 Å². The molecule has 0 amide bonds. The topological polar surface area (TPSA) is 55.6 Å². The Morgan fingerprint density at radius 2 is 1.40 bits per heavy atom. The van der Waals surface area contributed by atoms with Crippen LogP contribution < -0.4 is 5.32 Å². The van der Waals surface area contributed by atoms with E-state index < -0.39 is 0 Å². The van der Waals surface area contributed by atoms with E-state index in [0.29, 0.717) is 5.82 Å². The summed E-state index contributed by atoms with van der Waals surface area (Å²) in [7, 11) is 1.92. The molecule has 0 aliphatic rings. The van der Waals surface area contributed by atoms with Crippen LogP contribution in [0.15, 0.2) is 84.9 Å². The van der Waals surface area contributed by atoms with Crippen molar-refractivity contribution in [2.75, 3.05) is 5.32 Å². The minimum atomic E-state index is 0.690. The number of hydrogen-bond donors (Lipinski definition) is 1. The van der Waals surface area contributed by atoms with Crippen molar-refractivity contribution in [3.63, 3.8) is 0 Å². The predicted molar refractivity (Wildman–Crippen MR) is 122 cm³/mol. The van der Waals surface area contributed by atoms with Gasteiger partial charge in [-0.05, 0) is 30.2 Å². The summed E-state index contributed by atoms with van der Waals surface area (Å²) in [6.07, 6.45) is 0. The molecule has 0 aliphatic carbocycles. The molecule has 2 aromatic heterocycles. The van der Waals surface area contributed by atoms with Crippen molar-refractivity contribution in [1.82, 2.24) is 19.7 Å². The summed E-state index contributed by atoms with van der Waals surface area (Å²) in [5.74, 6) is 2.35. The normalized spacial score (nSPS) is 11.0. The number of anilines is 2. The molecule has 5 aromatic rings. The lowest BCUT2D eigenvalue weighted by molar-refractivity contribution is 0.764. The molecule has 0 saturated carbocycles. The Kier molecular flexibility index (Phi) is 4.48. The highest BCUT2D eigenvalue weighted by Gasteiger charge is 2.12. The fourth-order valence-corrected chi connectivity index (χ4v) is 3.59. The quantitative estimate of drug-likeness (QED) is 0.424. The first kappa shape index (κ1) is 18.1. The standard InChI is InChI=1S/C25H21N5/c1-17-16-23(30(2)29-17)27-25-21-10-6-7-11-22(21)26-24(28-25)20-14-12-19(13-15-20)18-8-4-3-5-9-18/h3-16H,1-2H3,(H,26,27,28). The average Bonchev–Trinajstić information content (AvgIpc) is 3.11. The summed E-state index contributed by atoms with van der Waals surface area (Å²) in [4.78, 5) is 9.66. The third kappa shape index (κ3) is 3.42. The first-order valence-electron chi connectivity index (χ1n) is 9.88. The van der Waals surface area contributed by atoms with Crippen molar-refractivity contribution < 1.29 is 0 Å². The van der Waals surface area contributed by atoms with Crippen LogP contribution in [0.1, 0.15) is 5.69 Å². The molecule has 3 aromatic carbocycles. The van der Waals surface area contributed by atoms with Gasteiger partial charge in [-0.1, -0.05) is 66.7 Å². The van der Waals surface area contributed by atoms with E-state index in [1.165, 1.54) is 11.1 Å². The van der Waals surface area contributed by atoms with Gasteiger partial charge in [-0.25, -0.2) is 9.97 Å². The van der Waals surface area contributed by atoms with E-state index in [2.05, 4.69) is 46.8 Å². The molecule has 0 atom stereocenters. The van der Waals surface area contributed by atoms with Gasteiger partial charge in [-0.3, -0.25) is 4.68 Å². The van der Waals surface area contributed by atoms with Crippen LogP contribution in [0.2, 0.25) is 0 Å². The average molecular weight is 391 g/mol. The smallest absolute Gasteiger partial charge is 0.162 e. The maximum atomic E-state index is 4.86. The van der Waals surface area contributed by atoms with Crippen molar-refractivity contribution in [1.29, 1.82) is 0 Å². The molecule has 2 heterocycles. The molecule has 1 N–H and O–H groups in total. The lowest BCUT2D eigenvalue weighted by Crippen LogP contribution is -2.03. The van der Waals surface area contributed by atoms with Gasteiger partial charge in [0, 0.05) is 24.1 Å². The van der Waals surface area contributed by atoms with Gasteiger partial charge in [0.15, 0.2) is 5.82 Å². The molecule has 0 unspecified atom stereocenters. The molecule has 0 aliphatic heterocycles. The summed E-state index contributed by atoms with van der Waals surface area (Å²) < 4.78 is 1.82. The summed E-state index contributed by atoms with van der Waals surface area (Å²) in [5, 5.41) is 8.82. The van der Waals surface area contributed by atoms with Crippen LogP contribution in [0.5, 0.6) is 0 Å². The van der Waals surface area contributed by atoms with E-state index in [-0.39, 0.29) is 0 Å². The second-order valence-corrected chi connectivity index (χ2v) is 7.28. The molecule has 0 fully saturated rings. The monoisotopic (exact) mass is 391 g/mol. The molecule has 146 valence electrons. The van der Waals surface area contributed by atoms with Crippen LogP contribution in [0.25, 0.3) is 33.4 Å². The van der Waals surface area contributed by atoms with Gasteiger partial charge in [0.1, 0.15) is 11.6 Å². The van der Waals surface area contributed by atoms with Crippen LogP contribution in [-0.2, 0) is 7.05 Å². The summed E-state index contributed by atoms with van der Waals surface area (Å²) >= 11 is 0. The third-order valence-electron chi connectivity index (χ3n) is 5.10. The third-order valence-corrected chi connectivity index (χ3v) is 5.10. The minimum absolute atomic E-state index is 0.690. The zero-order chi connectivity index (χ0) is 20.5. The maximum absolute atomic E-state index is 4.86. The molecule has 30 heavy (non-hydrogen) atoms. The van der Waals surface area contributed by atoms with Crippen molar-refractivity contribution in [3.05, 3.63) is 90.6 Å². The highest BCUT2D eigenvalue weighted by atomic mass is 15.3. The van der Waals surface area contributed by atoms with Gasteiger partial charge >= 0.3 is 0 Å². The van der Waals surface area contributed by atoms with Crippen molar-refractivity contribution >= 4 is 22.5 Å². The Labute approximate surface area is 175 Å². The second kappa shape index (κ2) is 7.44. The number of benzene rings is 3. The van der Waals surface area contributed by atoms with Gasteiger partial charge in [0.05, 0.1) is 11.2 Å². The molecule has 0 spiro atoms. The van der Waals surface area contributed by atoms with E-state index in [0.717, 1.165) is 33.8 Å². The molecule has 5 heteroatoms. The maximum Gasteiger partial charge on any atom is 0.162 e. The molecule has 5 nitrogen and oxygen atoms in total. The Morgan fingerprint density at radius 1 is 0.733 bits per heavy atom. The number of para-hydroxylation sites is 1. The highest BCUT2D eigenvalue weighted by Crippen LogP contribution is 2.28. The number of aromatic nitrogens is 4. The van der Waals surface area contributed by atoms with Crippen LogP contribution in [0, 0.1) is 6.92 Å². The van der Waals surface area contributed by atoms with Gasteiger partial charge in [-0.15, -0.1) is 0 Å². The van der Waals surface area contributed by atoms with E-state index >= 15 is 0 Å². The fourth-order valence-electron chi connectivity index (χ4n) is 3.59. The zero-order valence-corrected chi connectivity index (χ0v) is 16.9. The Hall–Kier alpha value is -3.99. The summed E-state index contributed by atoms with van der Waals surface area (Å²) in [6.45, 7) is 1.98. The van der Waals surface area contributed by atoms with E-state index in [4.69, 9.17) is 9.97 Å². The molecule has 0 radical (unpaired) electrons. The molecule has 0 bridgehead atoms. The number of fused-ring (bicyclic) bond motifs is 1. The van der Waals surface area contributed by atoms with Crippen molar-refractivity contribution in [2.45, 2.75) is 6.92 Å². The summed E-state index contributed by atoms with van der Waals surface area (Å²) in [5.41, 5.74) is 5.19. The van der Waals surface area contributed by atoms with Crippen LogP contribution >= 0.6 is 0 Å². The van der Waals surface area contributed by atoms with Crippen LogP contribution in [0.4, 0.5) is 11.6 Å². The fraction of sp³-hybridized carbons (Fsp3) is 0.0800. The predicted octanol–water partition coefficient (Wildman–Crippen LogP) is 5.75. The minimum Gasteiger partial charge on any atom is -0.325 e. The lowest BCUT2D eigenvalue weighted by atomic mass is 10.0. The van der Waals surface area contributed by atoms with Crippen molar-refractivity contribution in [2.24, 2.45) is 7.05 Å². The lowest BCUT2D eigenvalue weighted by Gasteiger charge is -2.11. The van der Waals surface area contributed by atoms with Crippen LogP contribution in [0.3, 0.4) is 0 Å². The van der Waals surface area contributed by atoms with Gasteiger partial charge in [-0.2, -0.15) is 5.10 Å². The zero-order valence-electron chi connectivity index (χ0n) is 16.9. The second-order valence-electron chi connectivity index (χ2n) is 7.28. The Morgan fingerprint density at radius 3 is 2.13 bits per heavy atom. The highest BCUT2D eigenvalue weighted by molar-refractivity contribution is 5.92. The van der Waals surface area contributed by atoms with Crippen molar-refractivity contribution in [3.8, 4) is 22.5 Å². The van der Waals surface area contributed by atoms with Gasteiger partial charge in [0.2, 0.25) is 0 Å². The molecule has 5 rings (SSSR count). The molecular formula is C25H21N5. The number of aryl methyl sites for hydroxylation is 2. The SMILES string of the molecule is Cc1cc(Nc2nc(-c3ccc(-c4ccccc4)cc3)nc3ccccc23)n(C)n1.